The van der Waals surface area contributed by atoms with Gasteiger partial charge < -0.3 is 14.9 Å². The van der Waals surface area contributed by atoms with Crippen molar-refractivity contribution in [1.29, 1.82) is 0 Å². The number of nitrogen functional groups attached to an aromatic ring is 1. The molecule has 0 amide bonds. The van der Waals surface area contributed by atoms with Crippen LogP contribution in [0, 0.1) is 5.92 Å². The van der Waals surface area contributed by atoms with E-state index in [1.807, 2.05) is 13.8 Å². The van der Waals surface area contributed by atoms with E-state index in [2.05, 4.69) is 46.5 Å². The molecule has 0 aromatic carbocycles. The molecule has 2 heterocycles. The molecule has 0 aliphatic carbocycles. The monoisotopic (exact) mass is 396 g/mol. The minimum Gasteiger partial charge on any atom is -0.410 e. The van der Waals surface area contributed by atoms with Gasteiger partial charge in [-0.25, -0.2) is 0 Å². The van der Waals surface area contributed by atoms with Gasteiger partial charge in [0.2, 0.25) is 8.32 Å². The molecule has 27 heavy (non-hydrogen) atoms. The van der Waals surface area contributed by atoms with Gasteiger partial charge in [-0.05, 0) is 41.4 Å². The van der Waals surface area contributed by atoms with Gasteiger partial charge in [0.25, 0.3) is 0 Å². The van der Waals surface area contributed by atoms with E-state index in [-0.39, 0.29) is 23.8 Å². The van der Waals surface area contributed by atoms with Gasteiger partial charge in [0.05, 0.1) is 31.5 Å². The third-order valence-electron chi connectivity index (χ3n) is 6.09. The van der Waals surface area contributed by atoms with Gasteiger partial charge in [0, 0.05) is 13.1 Å². The quantitative estimate of drug-likeness (QED) is 0.539. The van der Waals surface area contributed by atoms with Gasteiger partial charge in [-0.2, -0.15) is 0 Å². The predicted octanol–water partition coefficient (Wildman–Crippen LogP) is 6.10. The molecule has 1 aromatic rings. The lowest BCUT2D eigenvalue weighted by Gasteiger charge is -2.50. The SMILES string of the molecule is [2H][C@@H]1[C@@H](C)[C@H](O[Si](C(C)C)(C(C)C)C(C)C)[C@@H](CC)O[C@@]1([2H])c1ccncc1N([2H])[2H]. The highest BCUT2D eigenvalue weighted by Crippen LogP contribution is 2.47. The number of hydrogen-bond acceptors (Lipinski definition) is 4. The normalized spacial score (nSPS) is 34.3. The molecule has 0 unspecified atom stereocenters. The summed E-state index contributed by atoms with van der Waals surface area (Å²) in [4.78, 5) is 4.00. The van der Waals surface area contributed by atoms with Crippen molar-refractivity contribution in [2.24, 2.45) is 5.92 Å². The average Bonchev–Trinajstić information content (AvgIpc) is 2.70. The van der Waals surface area contributed by atoms with Gasteiger partial charge in [-0.15, -0.1) is 0 Å². The molecule has 0 radical (unpaired) electrons. The van der Waals surface area contributed by atoms with Crippen LogP contribution >= 0.6 is 0 Å². The van der Waals surface area contributed by atoms with E-state index in [0.717, 1.165) is 0 Å². The number of ether oxygens (including phenoxy) is 1. The van der Waals surface area contributed by atoms with Gasteiger partial charge in [0.1, 0.15) is 0 Å². The number of pyridine rings is 1. The van der Waals surface area contributed by atoms with Crippen LogP contribution in [-0.4, -0.2) is 25.5 Å². The molecule has 2 rings (SSSR count). The Kier molecular flexibility index (Phi) is 5.70. The van der Waals surface area contributed by atoms with E-state index in [1.54, 1.807) is 6.07 Å². The van der Waals surface area contributed by atoms with Gasteiger partial charge in [-0.3, -0.25) is 4.98 Å². The Labute approximate surface area is 173 Å². The zero-order chi connectivity index (χ0) is 23.7. The first kappa shape index (κ1) is 17.0. The molecule has 0 spiro atoms. The molecule has 1 saturated heterocycles. The number of nitrogens with zero attached hydrogens (tertiary/aromatic N) is 1. The molecule has 154 valence electrons. The summed E-state index contributed by atoms with van der Waals surface area (Å²) in [6.45, 7) is 17.5. The summed E-state index contributed by atoms with van der Waals surface area (Å²) in [6, 6.07) is 1.59. The van der Waals surface area contributed by atoms with Crippen LogP contribution < -0.4 is 5.72 Å². The minimum atomic E-state index is -2.20. The van der Waals surface area contributed by atoms with Gasteiger partial charge >= 0.3 is 0 Å². The van der Waals surface area contributed by atoms with Crippen molar-refractivity contribution < 1.29 is 14.7 Å². The molecule has 1 aliphatic rings. The van der Waals surface area contributed by atoms with E-state index in [1.165, 1.54) is 12.4 Å². The van der Waals surface area contributed by atoms with Crippen LogP contribution in [0.15, 0.2) is 18.5 Å². The molecule has 1 aliphatic heterocycles. The Balaban J connectivity index is 2.50. The zero-order valence-electron chi connectivity index (χ0n) is 22.2. The fourth-order valence-corrected chi connectivity index (χ4v) is 10.5. The Bertz CT molecular complexity index is 713. The topological polar surface area (TPSA) is 57.4 Å². The Morgan fingerprint density at radius 2 is 1.96 bits per heavy atom. The molecule has 4 nitrogen and oxygen atoms in total. The highest BCUT2D eigenvalue weighted by molar-refractivity contribution is 6.77. The fourth-order valence-electron chi connectivity index (χ4n) is 4.83. The first-order valence-electron chi connectivity index (χ1n) is 12.3. The van der Waals surface area contributed by atoms with Crippen LogP contribution in [0.3, 0.4) is 0 Å². The maximum Gasteiger partial charge on any atom is 0.200 e. The smallest absolute Gasteiger partial charge is 0.200 e. The summed E-state index contributed by atoms with van der Waals surface area (Å²) in [6.07, 6.45) is 0.325. The lowest BCUT2D eigenvalue weighted by Crippen LogP contribution is -2.55. The first-order valence-corrected chi connectivity index (χ1v) is 12.5. The predicted molar refractivity (Wildman–Crippen MR) is 116 cm³/mol. The van der Waals surface area contributed by atoms with Crippen molar-refractivity contribution in [2.75, 3.05) is 5.72 Å². The maximum atomic E-state index is 9.17. The second-order valence-electron chi connectivity index (χ2n) is 8.75. The van der Waals surface area contributed by atoms with E-state index in [9.17, 15) is 0 Å². The van der Waals surface area contributed by atoms with Crippen LogP contribution in [-0.2, 0) is 9.16 Å². The largest absolute Gasteiger partial charge is 0.410 e. The molecule has 0 bridgehead atoms. The molecule has 5 atom stereocenters. The molecule has 2 N–H and O–H groups in total. The van der Waals surface area contributed by atoms with Crippen molar-refractivity contribution >= 4 is 14.0 Å². The third kappa shape index (κ3) is 4.41. The number of aromatic nitrogens is 1. The number of nitrogens with two attached hydrogens (primary N) is 1. The van der Waals surface area contributed by atoms with Gasteiger partial charge in [-0.1, -0.05) is 55.4 Å². The highest BCUT2D eigenvalue weighted by Gasteiger charge is 2.50. The molecular weight excluding hydrogens is 352 g/mol. The summed E-state index contributed by atoms with van der Waals surface area (Å²) in [5, 5.41) is 0. The molecular formula is C22H40N2O2Si. The molecule has 5 heteroatoms. The number of rotatable bonds is 8. The minimum absolute atomic E-state index is 0.159. The summed E-state index contributed by atoms with van der Waals surface area (Å²) in [5.41, 5.74) is 2.17. The fraction of sp³-hybridized carbons (Fsp3) is 0.773. The summed E-state index contributed by atoms with van der Waals surface area (Å²) < 4.78 is 47.0. The van der Waals surface area contributed by atoms with Crippen LogP contribution in [0.4, 0.5) is 5.69 Å². The van der Waals surface area contributed by atoms with Gasteiger partial charge in [0.15, 0.2) is 2.82 Å². The lowest BCUT2D eigenvalue weighted by molar-refractivity contribution is -0.139. The average molecular weight is 397 g/mol. The van der Waals surface area contributed by atoms with Crippen LogP contribution in [0.5, 0.6) is 0 Å². The highest BCUT2D eigenvalue weighted by atomic mass is 28.4. The second-order valence-corrected chi connectivity index (χ2v) is 14.2. The third-order valence-corrected chi connectivity index (χ3v) is 12.2. The van der Waals surface area contributed by atoms with Crippen molar-refractivity contribution in [3.05, 3.63) is 24.0 Å². The summed E-state index contributed by atoms with van der Waals surface area (Å²) in [5.74, 6) is -0.245. The van der Waals surface area contributed by atoms with Crippen molar-refractivity contribution in [3.63, 3.8) is 0 Å². The van der Waals surface area contributed by atoms with Crippen molar-refractivity contribution in [1.82, 2.24) is 4.98 Å². The molecule has 1 aromatic heterocycles. The van der Waals surface area contributed by atoms with Crippen molar-refractivity contribution in [3.8, 4) is 0 Å². The number of hydrogen-bond donors (Lipinski definition) is 1. The van der Waals surface area contributed by atoms with E-state index in [0.29, 0.717) is 34.3 Å². The lowest BCUT2D eigenvalue weighted by atomic mass is 9.87. The first-order chi connectivity index (χ1) is 14.3. The van der Waals surface area contributed by atoms with Crippen LogP contribution in [0.1, 0.15) is 82.6 Å². The second kappa shape index (κ2) is 9.06. The van der Waals surface area contributed by atoms with E-state index >= 15 is 0 Å². The van der Waals surface area contributed by atoms with Crippen LogP contribution in [0.25, 0.3) is 0 Å². The van der Waals surface area contributed by atoms with E-state index < -0.39 is 20.8 Å². The van der Waals surface area contributed by atoms with Crippen LogP contribution in [0.2, 0.25) is 19.4 Å². The zero-order valence-corrected chi connectivity index (χ0v) is 19.2. The summed E-state index contributed by atoms with van der Waals surface area (Å²) >= 11 is 0. The Morgan fingerprint density at radius 1 is 1.33 bits per heavy atom. The van der Waals surface area contributed by atoms with Crippen molar-refractivity contribution in [2.45, 2.75) is 103 Å². The summed E-state index contributed by atoms with van der Waals surface area (Å²) in [7, 11) is -2.20. The standard InChI is InChI=1S/C22H40N2O2Si/c1-9-20-22(26-27(14(2)3,15(4)5)16(6)7)17(8)12-21(25-20)18-10-11-24-13-19(18)23/h10-11,13-17,20-22H,9,12,23H2,1-8H3/t17-,20-,21-,22+/m1/s1/i12D,21D/hD2/t12-,17-,20-,21-,22+. The molecule has 0 saturated carbocycles. The Hall–Kier alpha value is -0.913. The maximum absolute atomic E-state index is 9.17. The van der Waals surface area contributed by atoms with E-state index in [4.69, 9.17) is 14.7 Å². The Morgan fingerprint density at radius 3 is 2.48 bits per heavy atom. The molecule has 1 fully saturated rings. The number of anilines is 1.